The number of hydrogen-bond acceptors (Lipinski definition) is 3. The molecule has 2 aromatic rings. The van der Waals surface area contributed by atoms with Gasteiger partial charge < -0.3 is 5.32 Å². The Morgan fingerprint density at radius 2 is 2.19 bits per heavy atom. The molecular formula is C16H17ClN2OS. The Labute approximate surface area is 133 Å². The lowest BCUT2D eigenvalue weighted by atomic mass is 9.84. The number of halogens is 1. The average molecular weight is 321 g/mol. The summed E-state index contributed by atoms with van der Waals surface area (Å²) in [6.07, 6.45) is 5.71. The molecule has 0 spiro atoms. The Morgan fingerprint density at radius 1 is 1.43 bits per heavy atom. The predicted octanol–water partition coefficient (Wildman–Crippen LogP) is 3.90. The number of thioether (sulfide) groups is 1. The van der Waals surface area contributed by atoms with Crippen LogP contribution >= 0.6 is 23.4 Å². The molecule has 3 rings (SSSR count). The number of carbonyl (C=O) groups excluding carboxylic acids is 1. The van der Waals surface area contributed by atoms with Crippen LogP contribution < -0.4 is 5.32 Å². The van der Waals surface area contributed by atoms with E-state index in [2.05, 4.69) is 16.6 Å². The van der Waals surface area contributed by atoms with E-state index < -0.39 is 0 Å². The first kappa shape index (κ1) is 14.7. The van der Waals surface area contributed by atoms with Crippen molar-refractivity contribution in [2.75, 3.05) is 12.8 Å². The van der Waals surface area contributed by atoms with E-state index in [9.17, 15) is 4.79 Å². The minimum atomic E-state index is -0.0733. The van der Waals surface area contributed by atoms with Crippen LogP contribution in [0.3, 0.4) is 0 Å². The molecule has 0 bridgehead atoms. The second-order valence-electron chi connectivity index (χ2n) is 5.43. The molecule has 110 valence electrons. The molecule has 0 aliphatic heterocycles. The van der Waals surface area contributed by atoms with Gasteiger partial charge in [0.1, 0.15) is 5.15 Å². The topological polar surface area (TPSA) is 42.0 Å². The van der Waals surface area contributed by atoms with Crippen molar-refractivity contribution >= 4 is 40.2 Å². The summed E-state index contributed by atoms with van der Waals surface area (Å²) in [7, 11) is 0. The van der Waals surface area contributed by atoms with Crippen molar-refractivity contribution in [3.8, 4) is 0 Å². The van der Waals surface area contributed by atoms with Gasteiger partial charge in [0, 0.05) is 16.7 Å². The van der Waals surface area contributed by atoms with Crippen LogP contribution in [0.25, 0.3) is 10.9 Å². The van der Waals surface area contributed by atoms with Crippen LogP contribution in [-0.2, 0) is 0 Å². The summed E-state index contributed by atoms with van der Waals surface area (Å²) in [6.45, 7) is 0.710. The van der Waals surface area contributed by atoms with Crippen LogP contribution in [0.15, 0.2) is 30.3 Å². The summed E-state index contributed by atoms with van der Waals surface area (Å²) in [5.41, 5.74) is 1.35. The van der Waals surface area contributed by atoms with Crippen molar-refractivity contribution < 1.29 is 4.79 Å². The van der Waals surface area contributed by atoms with Crippen molar-refractivity contribution in [3.05, 3.63) is 41.0 Å². The van der Waals surface area contributed by atoms with E-state index in [1.807, 2.05) is 36.0 Å². The monoisotopic (exact) mass is 320 g/mol. The molecule has 1 aliphatic carbocycles. The van der Waals surface area contributed by atoms with Gasteiger partial charge in [-0.2, -0.15) is 11.8 Å². The number of nitrogens with one attached hydrogen (secondary N) is 1. The van der Waals surface area contributed by atoms with Gasteiger partial charge in [-0.3, -0.25) is 4.79 Å². The van der Waals surface area contributed by atoms with Gasteiger partial charge in [0.15, 0.2) is 0 Å². The highest BCUT2D eigenvalue weighted by Gasteiger charge is 2.36. The molecule has 1 aliphatic rings. The van der Waals surface area contributed by atoms with Crippen LogP contribution in [0.1, 0.15) is 29.6 Å². The standard InChI is InChI=1S/C16H17ClN2OS/c1-21-16(7-4-8-16)10-18-15(20)12-9-14(17)19-13-6-3-2-5-11(12)13/h2-3,5-6,9H,4,7-8,10H2,1H3,(H,18,20). The maximum absolute atomic E-state index is 12.5. The lowest BCUT2D eigenvalue weighted by molar-refractivity contribution is 0.0945. The lowest BCUT2D eigenvalue weighted by Gasteiger charge is -2.40. The number of carbonyl (C=O) groups is 1. The third-order valence-electron chi connectivity index (χ3n) is 4.20. The van der Waals surface area contributed by atoms with Crippen molar-refractivity contribution in [3.63, 3.8) is 0 Å². The van der Waals surface area contributed by atoms with Gasteiger partial charge in [-0.25, -0.2) is 4.98 Å². The number of pyridine rings is 1. The lowest BCUT2D eigenvalue weighted by Crippen LogP contribution is -2.45. The van der Waals surface area contributed by atoms with Crippen LogP contribution in [0.4, 0.5) is 0 Å². The average Bonchev–Trinajstić information content (AvgIpc) is 2.45. The van der Waals surface area contributed by atoms with E-state index in [1.165, 1.54) is 19.3 Å². The van der Waals surface area contributed by atoms with Gasteiger partial charge >= 0.3 is 0 Å². The van der Waals surface area contributed by atoms with Crippen LogP contribution in [0, 0.1) is 0 Å². The van der Waals surface area contributed by atoms with Gasteiger partial charge in [0.2, 0.25) is 0 Å². The van der Waals surface area contributed by atoms with Crippen LogP contribution in [0.2, 0.25) is 5.15 Å². The third kappa shape index (κ3) is 2.87. The Kier molecular flexibility index (Phi) is 4.09. The summed E-state index contributed by atoms with van der Waals surface area (Å²) < 4.78 is 0.224. The molecule has 1 amide bonds. The molecule has 5 heteroatoms. The Morgan fingerprint density at radius 3 is 2.86 bits per heavy atom. The van der Waals surface area contributed by atoms with E-state index in [-0.39, 0.29) is 10.7 Å². The van der Waals surface area contributed by atoms with Crippen molar-refractivity contribution in [2.45, 2.75) is 24.0 Å². The Balaban J connectivity index is 1.84. The number of fused-ring (bicyclic) bond motifs is 1. The quantitative estimate of drug-likeness (QED) is 0.869. The second kappa shape index (κ2) is 5.85. The fraction of sp³-hybridized carbons (Fsp3) is 0.375. The second-order valence-corrected chi connectivity index (χ2v) is 7.09. The summed E-state index contributed by atoms with van der Waals surface area (Å²) in [6, 6.07) is 9.22. The van der Waals surface area contributed by atoms with E-state index in [0.717, 1.165) is 10.9 Å². The number of rotatable bonds is 4. The van der Waals surface area contributed by atoms with Gasteiger partial charge in [-0.05, 0) is 31.2 Å². The first-order valence-electron chi connectivity index (χ1n) is 7.02. The molecular weight excluding hydrogens is 304 g/mol. The highest BCUT2D eigenvalue weighted by atomic mass is 35.5. The third-order valence-corrected chi connectivity index (χ3v) is 5.81. The fourth-order valence-electron chi connectivity index (χ4n) is 2.69. The molecule has 1 heterocycles. The van der Waals surface area contributed by atoms with Crippen molar-refractivity contribution in [2.24, 2.45) is 0 Å². The van der Waals surface area contributed by atoms with E-state index in [1.54, 1.807) is 6.07 Å². The summed E-state index contributed by atoms with van der Waals surface area (Å²) in [5, 5.41) is 4.25. The summed E-state index contributed by atoms with van der Waals surface area (Å²) >= 11 is 7.88. The molecule has 3 nitrogen and oxygen atoms in total. The Bertz CT molecular complexity index is 680. The van der Waals surface area contributed by atoms with Crippen LogP contribution in [0.5, 0.6) is 0 Å². The SMILES string of the molecule is CSC1(CNC(=O)c2cc(Cl)nc3ccccc23)CCC1. The molecule has 0 radical (unpaired) electrons. The zero-order chi connectivity index (χ0) is 14.9. The normalized spacial score (nSPS) is 16.5. The smallest absolute Gasteiger partial charge is 0.252 e. The number of hydrogen-bond donors (Lipinski definition) is 1. The highest BCUT2D eigenvalue weighted by Crippen LogP contribution is 2.42. The van der Waals surface area contributed by atoms with Crippen molar-refractivity contribution in [1.82, 2.24) is 10.3 Å². The van der Waals surface area contributed by atoms with Gasteiger partial charge in [0.05, 0.1) is 11.1 Å². The zero-order valence-electron chi connectivity index (χ0n) is 11.9. The number of aromatic nitrogens is 1. The molecule has 0 saturated heterocycles. The number of amides is 1. The number of benzene rings is 1. The van der Waals surface area contributed by atoms with Crippen molar-refractivity contribution in [1.29, 1.82) is 0 Å². The molecule has 1 fully saturated rings. The van der Waals surface area contributed by atoms with Gasteiger partial charge in [-0.1, -0.05) is 36.2 Å². The minimum absolute atomic E-state index is 0.0733. The van der Waals surface area contributed by atoms with Crippen LogP contribution in [-0.4, -0.2) is 28.4 Å². The number of para-hydroxylation sites is 1. The maximum atomic E-state index is 12.5. The zero-order valence-corrected chi connectivity index (χ0v) is 13.4. The summed E-state index contributed by atoms with van der Waals surface area (Å²) in [4.78, 5) is 16.8. The molecule has 1 N–H and O–H groups in total. The first-order chi connectivity index (χ1) is 10.1. The molecule has 0 atom stereocenters. The fourth-order valence-corrected chi connectivity index (χ4v) is 3.81. The number of nitrogens with zero attached hydrogens (tertiary/aromatic N) is 1. The molecule has 1 aromatic heterocycles. The first-order valence-corrected chi connectivity index (χ1v) is 8.62. The molecule has 1 aromatic carbocycles. The molecule has 0 unspecified atom stereocenters. The minimum Gasteiger partial charge on any atom is -0.351 e. The highest BCUT2D eigenvalue weighted by molar-refractivity contribution is 8.00. The Hall–Kier alpha value is -1.26. The van der Waals surface area contributed by atoms with Gasteiger partial charge in [-0.15, -0.1) is 0 Å². The molecule has 21 heavy (non-hydrogen) atoms. The van der Waals surface area contributed by atoms with E-state index >= 15 is 0 Å². The van der Waals surface area contributed by atoms with Gasteiger partial charge in [0.25, 0.3) is 5.91 Å². The maximum Gasteiger partial charge on any atom is 0.252 e. The van der Waals surface area contributed by atoms with E-state index in [0.29, 0.717) is 17.3 Å². The van der Waals surface area contributed by atoms with E-state index in [4.69, 9.17) is 11.6 Å². The molecule has 1 saturated carbocycles. The predicted molar refractivity (Wildman–Crippen MR) is 89.2 cm³/mol. The largest absolute Gasteiger partial charge is 0.351 e. The summed E-state index contributed by atoms with van der Waals surface area (Å²) in [5.74, 6) is -0.0733.